The highest BCUT2D eigenvalue weighted by Crippen LogP contribution is 2.40. The molecule has 1 aromatic rings. The van der Waals surface area contributed by atoms with Crippen LogP contribution >= 0.6 is 0 Å². The summed E-state index contributed by atoms with van der Waals surface area (Å²) in [4.78, 5) is 10.9. The quantitative estimate of drug-likeness (QED) is 0.899. The molecule has 1 saturated carbocycles. The average molecular weight is 266 g/mol. The molecule has 1 aliphatic rings. The van der Waals surface area contributed by atoms with E-state index in [-0.39, 0.29) is 22.8 Å². The van der Waals surface area contributed by atoms with Crippen molar-refractivity contribution >= 4 is 5.97 Å². The van der Waals surface area contributed by atoms with E-state index in [1.807, 2.05) is 0 Å². The fourth-order valence-corrected chi connectivity index (χ4v) is 2.70. The second kappa shape index (κ2) is 5.19. The van der Waals surface area contributed by atoms with Gasteiger partial charge in [0.05, 0.1) is 5.56 Å². The maximum atomic E-state index is 13.8. The van der Waals surface area contributed by atoms with Crippen molar-refractivity contribution in [3.8, 4) is 5.75 Å². The molecule has 0 heterocycles. The molecule has 1 N–H and O–H groups in total. The summed E-state index contributed by atoms with van der Waals surface area (Å²) in [6.45, 7) is 4.12. The third-order valence-corrected chi connectivity index (χ3v) is 3.99. The number of carboxylic acids is 1. The second-order valence-electron chi connectivity index (χ2n) is 5.48. The van der Waals surface area contributed by atoms with Crippen LogP contribution in [0, 0.1) is 11.7 Å². The lowest BCUT2D eigenvalue weighted by atomic mass is 9.88. The van der Waals surface area contributed by atoms with E-state index in [1.165, 1.54) is 12.1 Å². The van der Waals surface area contributed by atoms with E-state index in [0.717, 1.165) is 31.7 Å². The molecule has 2 rings (SSSR count). The zero-order valence-electron chi connectivity index (χ0n) is 11.3. The van der Waals surface area contributed by atoms with Gasteiger partial charge in [0, 0.05) is 0 Å². The zero-order chi connectivity index (χ0) is 14.0. The van der Waals surface area contributed by atoms with Crippen molar-refractivity contribution in [2.24, 2.45) is 5.92 Å². The topological polar surface area (TPSA) is 46.5 Å². The molecule has 1 fully saturated rings. The van der Waals surface area contributed by atoms with E-state index in [9.17, 15) is 9.18 Å². The minimum absolute atomic E-state index is 0.0494. The summed E-state index contributed by atoms with van der Waals surface area (Å²) in [5.41, 5.74) is -0.314. The highest BCUT2D eigenvalue weighted by Gasteiger charge is 2.39. The van der Waals surface area contributed by atoms with Crippen LogP contribution in [0.2, 0.25) is 0 Å². The van der Waals surface area contributed by atoms with Crippen molar-refractivity contribution in [1.29, 1.82) is 0 Å². The van der Waals surface area contributed by atoms with E-state index >= 15 is 0 Å². The largest absolute Gasteiger partial charge is 0.484 e. The molecule has 1 aromatic carbocycles. The second-order valence-corrected chi connectivity index (χ2v) is 5.48. The molecule has 0 bridgehead atoms. The lowest BCUT2D eigenvalue weighted by Gasteiger charge is -2.34. The average Bonchev–Trinajstić information content (AvgIpc) is 2.81. The van der Waals surface area contributed by atoms with Gasteiger partial charge in [-0.2, -0.15) is 0 Å². The standard InChI is InChI=1S/C15H19FO3/c1-10(2)15(7-3-4-8-15)19-13-9-11(14(17)18)5-6-12(13)16/h5-6,9-10H,3-4,7-8H2,1-2H3,(H,17,18). The van der Waals surface area contributed by atoms with Crippen LogP contribution in [-0.4, -0.2) is 16.7 Å². The van der Waals surface area contributed by atoms with E-state index in [2.05, 4.69) is 13.8 Å². The number of carbonyl (C=O) groups is 1. The highest BCUT2D eigenvalue weighted by atomic mass is 19.1. The monoisotopic (exact) mass is 266 g/mol. The molecule has 0 saturated heterocycles. The molecule has 1 aliphatic carbocycles. The van der Waals surface area contributed by atoms with Crippen molar-refractivity contribution < 1.29 is 19.0 Å². The molecule has 0 spiro atoms. The van der Waals surface area contributed by atoms with Gasteiger partial charge in [0.1, 0.15) is 5.60 Å². The maximum Gasteiger partial charge on any atom is 0.335 e. The smallest absolute Gasteiger partial charge is 0.335 e. The Morgan fingerprint density at radius 1 is 1.37 bits per heavy atom. The number of aromatic carboxylic acids is 1. The van der Waals surface area contributed by atoms with E-state index in [0.29, 0.717) is 0 Å². The summed E-state index contributed by atoms with van der Waals surface area (Å²) in [5, 5.41) is 8.96. The summed E-state index contributed by atoms with van der Waals surface area (Å²) in [7, 11) is 0. The van der Waals surface area contributed by atoms with Gasteiger partial charge in [-0.3, -0.25) is 0 Å². The van der Waals surface area contributed by atoms with Gasteiger partial charge >= 0.3 is 5.97 Å². The lowest BCUT2D eigenvalue weighted by molar-refractivity contribution is 0.0249. The first-order valence-corrected chi connectivity index (χ1v) is 6.66. The third-order valence-electron chi connectivity index (χ3n) is 3.99. The molecule has 0 aromatic heterocycles. The minimum Gasteiger partial charge on any atom is -0.484 e. The molecule has 0 unspecified atom stereocenters. The minimum atomic E-state index is -1.07. The molecule has 0 atom stereocenters. The van der Waals surface area contributed by atoms with Crippen LogP contribution in [0.25, 0.3) is 0 Å². The Morgan fingerprint density at radius 2 is 2.00 bits per heavy atom. The van der Waals surface area contributed by atoms with Crippen molar-refractivity contribution in [1.82, 2.24) is 0 Å². The fourth-order valence-electron chi connectivity index (χ4n) is 2.70. The number of rotatable bonds is 4. The molecule has 3 nitrogen and oxygen atoms in total. The summed E-state index contributed by atoms with van der Waals surface area (Å²) < 4.78 is 19.7. The van der Waals surface area contributed by atoms with Gasteiger partial charge in [0.15, 0.2) is 11.6 Å². The predicted molar refractivity (Wildman–Crippen MR) is 70.0 cm³/mol. The van der Waals surface area contributed by atoms with Gasteiger partial charge in [-0.05, 0) is 49.8 Å². The van der Waals surface area contributed by atoms with Crippen molar-refractivity contribution in [3.05, 3.63) is 29.6 Å². The Kier molecular flexibility index (Phi) is 3.78. The Hall–Kier alpha value is -1.58. The first-order valence-electron chi connectivity index (χ1n) is 6.66. The van der Waals surface area contributed by atoms with Crippen LogP contribution in [0.1, 0.15) is 49.9 Å². The van der Waals surface area contributed by atoms with E-state index in [4.69, 9.17) is 9.84 Å². The normalized spacial score (nSPS) is 17.7. The summed E-state index contributed by atoms with van der Waals surface area (Å²) in [6.07, 6.45) is 3.92. The molecule has 0 radical (unpaired) electrons. The van der Waals surface area contributed by atoms with Crippen LogP contribution in [-0.2, 0) is 0 Å². The van der Waals surface area contributed by atoms with Gasteiger partial charge in [-0.15, -0.1) is 0 Å². The van der Waals surface area contributed by atoms with Gasteiger partial charge in [-0.25, -0.2) is 9.18 Å². The Bertz CT molecular complexity index is 476. The SMILES string of the molecule is CC(C)C1(Oc2cc(C(=O)O)ccc2F)CCCC1. The van der Waals surface area contributed by atoms with Crippen molar-refractivity contribution in [2.45, 2.75) is 45.1 Å². The van der Waals surface area contributed by atoms with Crippen LogP contribution in [0.5, 0.6) is 5.75 Å². The Balaban J connectivity index is 2.31. The summed E-state index contributed by atoms with van der Waals surface area (Å²) in [5.74, 6) is -1.26. The zero-order valence-corrected chi connectivity index (χ0v) is 11.3. The van der Waals surface area contributed by atoms with Crippen LogP contribution in [0.4, 0.5) is 4.39 Å². The van der Waals surface area contributed by atoms with E-state index in [1.54, 1.807) is 0 Å². The molecule has 19 heavy (non-hydrogen) atoms. The third kappa shape index (κ3) is 2.72. The van der Waals surface area contributed by atoms with Gasteiger partial charge in [0.25, 0.3) is 0 Å². The first kappa shape index (κ1) is 13.8. The first-order chi connectivity index (χ1) is 8.94. The van der Waals surface area contributed by atoms with Crippen LogP contribution in [0.3, 0.4) is 0 Å². The van der Waals surface area contributed by atoms with Gasteiger partial charge in [-0.1, -0.05) is 13.8 Å². The Labute approximate surface area is 112 Å². The molecular weight excluding hydrogens is 247 g/mol. The lowest BCUT2D eigenvalue weighted by Crippen LogP contribution is -2.38. The summed E-state index contributed by atoms with van der Waals surface area (Å²) in [6, 6.07) is 3.68. The highest BCUT2D eigenvalue weighted by molar-refractivity contribution is 5.88. The van der Waals surface area contributed by atoms with Gasteiger partial charge in [0.2, 0.25) is 0 Å². The number of hydrogen-bond donors (Lipinski definition) is 1. The number of hydrogen-bond acceptors (Lipinski definition) is 2. The fraction of sp³-hybridized carbons (Fsp3) is 0.533. The summed E-state index contributed by atoms with van der Waals surface area (Å²) >= 11 is 0. The number of ether oxygens (including phenoxy) is 1. The number of halogens is 1. The Morgan fingerprint density at radius 3 is 2.53 bits per heavy atom. The molecule has 4 heteroatoms. The van der Waals surface area contributed by atoms with Crippen molar-refractivity contribution in [2.75, 3.05) is 0 Å². The predicted octanol–water partition coefficient (Wildman–Crippen LogP) is 3.87. The van der Waals surface area contributed by atoms with Gasteiger partial charge < -0.3 is 9.84 Å². The van der Waals surface area contributed by atoms with Crippen LogP contribution < -0.4 is 4.74 Å². The molecule has 0 amide bonds. The number of benzene rings is 1. The molecular formula is C15H19FO3. The van der Waals surface area contributed by atoms with E-state index < -0.39 is 11.8 Å². The molecule has 0 aliphatic heterocycles. The number of carboxylic acid groups (broad SMARTS) is 1. The van der Waals surface area contributed by atoms with Crippen molar-refractivity contribution in [3.63, 3.8) is 0 Å². The molecule has 104 valence electrons. The van der Waals surface area contributed by atoms with Crippen LogP contribution in [0.15, 0.2) is 18.2 Å². The maximum absolute atomic E-state index is 13.8.